The number of benzene rings is 2. The molecule has 0 saturated carbocycles. The van der Waals surface area contributed by atoms with E-state index in [-0.39, 0.29) is 5.84 Å². The summed E-state index contributed by atoms with van der Waals surface area (Å²) >= 11 is 7.66. The van der Waals surface area contributed by atoms with Crippen molar-refractivity contribution in [2.75, 3.05) is 0 Å². The van der Waals surface area contributed by atoms with Gasteiger partial charge in [0.2, 0.25) is 0 Å². The second kappa shape index (κ2) is 5.94. The van der Waals surface area contributed by atoms with Crippen LogP contribution in [0.5, 0.6) is 0 Å². The number of nitrogens with one attached hydrogen (secondary N) is 1. The summed E-state index contributed by atoms with van der Waals surface area (Å²) in [5.74, 6) is 0.975. The first-order chi connectivity index (χ1) is 8.65. The third-order valence-electron chi connectivity index (χ3n) is 2.47. The molecular weight excluding hydrogens is 264 g/mol. The summed E-state index contributed by atoms with van der Waals surface area (Å²) in [4.78, 5) is 1.15. The summed E-state index contributed by atoms with van der Waals surface area (Å²) < 4.78 is 0. The van der Waals surface area contributed by atoms with Gasteiger partial charge in [-0.2, -0.15) is 0 Å². The number of nitrogen functional groups attached to an aromatic ring is 1. The molecular formula is C14H13ClN2S. The summed E-state index contributed by atoms with van der Waals surface area (Å²) in [5, 5.41) is 8.08. The van der Waals surface area contributed by atoms with E-state index in [0.717, 1.165) is 21.2 Å². The van der Waals surface area contributed by atoms with Crippen LogP contribution in [0.25, 0.3) is 0 Å². The lowest BCUT2D eigenvalue weighted by atomic mass is 10.1. The Balaban J connectivity index is 2.00. The monoisotopic (exact) mass is 276 g/mol. The Hall–Kier alpha value is -1.45. The minimum atomic E-state index is 0.101. The average molecular weight is 277 g/mol. The smallest absolute Gasteiger partial charge is 0.122 e. The lowest BCUT2D eigenvalue weighted by Crippen LogP contribution is -2.10. The van der Waals surface area contributed by atoms with Gasteiger partial charge in [0.1, 0.15) is 5.84 Å². The van der Waals surface area contributed by atoms with Crippen LogP contribution in [0.15, 0.2) is 53.4 Å². The van der Waals surface area contributed by atoms with Crippen LogP contribution in [-0.4, -0.2) is 5.84 Å². The van der Waals surface area contributed by atoms with Gasteiger partial charge in [0.25, 0.3) is 0 Å². The first kappa shape index (κ1) is 13.0. The van der Waals surface area contributed by atoms with Crippen molar-refractivity contribution in [2.24, 2.45) is 5.73 Å². The van der Waals surface area contributed by atoms with Gasteiger partial charge in [-0.1, -0.05) is 41.9 Å². The van der Waals surface area contributed by atoms with Gasteiger partial charge in [-0.05, 0) is 23.8 Å². The molecule has 2 aromatic rings. The number of nitrogens with two attached hydrogens (primary N) is 1. The number of amidine groups is 1. The van der Waals surface area contributed by atoms with Gasteiger partial charge < -0.3 is 5.73 Å². The first-order valence-corrected chi connectivity index (χ1v) is 6.83. The quantitative estimate of drug-likeness (QED) is 0.505. The zero-order valence-corrected chi connectivity index (χ0v) is 11.3. The molecule has 0 aromatic heterocycles. The van der Waals surface area contributed by atoms with Crippen molar-refractivity contribution >= 4 is 29.2 Å². The number of hydrogen-bond donors (Lipinski definition) is 2. The fraction of sp³-hybridized carbons (Fsp3) is 0.0714. The van der Waals surface area contributed by atoms with Crippen molar-refractivity contribution in [3.8, 4) is 0 Å². The Morgan fingerprint density at radius 2 is 1.89 bits per heavy atom. The maximum Gasteiger partial charge on any atom is 0.122 e. The highest BCUT2D eigenvalue weighted by Crippen LogP contribution is 2.25. The molecule has 92 valence electrons. The molecule has 0 fully saturated rings. The van der Waals surface area contributed by atoms with Gasteiger partial charge in [-0.25, -0.2) is 0 Å². The molecule has 0 aliphatic heterocycles. The van der Waals surface area contributed by atoms with E-state index in [4.69, 9.17) is 22.7 Å². The largest absolute Gasteiger partial charge is 0.384 e. The van der Waals surface area contributed by atoms with Gasteiger partial charge in [-0.15, -0.1) is 11.8 Å². The SMILES string of the molecule is N=C(N)c1ccc(CSc2cccc(Cl)c2)cc1. The van der Waals surface area contributed by atoms with Crippen molar-refractivity contribution in [1.82, 2.24) is 0 Å². The topological polar surface area (TPSA) is 49.9 Å². The molecule has 0 radical (unpaired) electrons. The summed E-state index contributed by atoms with van der Waals surface area (Å²) in [5.41, 5.74) is 7.36. The van der Waals surface area contributed by atoms with Crippen molar-refractivity contribution in [1.29, 1.82) is 5.41 Å². The normalized spacial score (nSPS) is 10.3. The Kier molecular flexibility index (Phi) is 4.28. The van der Waals surface area contributed by atoms with E-state index in [0.29, 0.717) is 0 Å². The fourth-order valence-electron chi connectivity index (χ4n) is 1.50. The standard InChI is InChI=1S/C14H13ClN2S/c15-12-2-1-3-13(8-12)18-9-10-4-6-11(7-5-10)14(16)17/h1-8H,9H2,(H3,16,17). The van der Waals surface area contributed by atoms with Gasteiger partial charge in [0, 0.05) is 21.2 Å². The summed E-state index contributed by atoms with van der Waals surface area (Å²) in [6.07, 6.45) is 0. The number of rotatable bonds is 4. The lowest BCUT2D eigenvalue weighted by molar-refractivity contribution is 1.36. The highest BCUT2D eigenvalue weighted by Gasteiger charge is 1.99. The molecule has 0 spiro atoms. The molecule has 0 heterocycles. The molecule has 0 bridgehead atoms. The second-order valence-electron chi connectivity index (χ2n) is 3.86. The zero-order chi connectivity index (χ0) is 13.0. The molecule has 0 unspecified atom stereocenters. The maximum absolute atomic E-state index is 7.32. The minimum Gasteiger partial charge on any atom is -0.384 e. The minimum absolute atomic E-state index is 0.101. The molecule has 0 aliphatic carbocycles. The average Bonchev–Trinajstić information content (AvgIpc) is 2.37. The van der Waals surface area contributed by atoms with Crippen LogP contribution < -0.4 is 5.73 Å². The third kappa shape index (κ3) is 3.52. The molecule has 4 heteroatoms. The second-order valence-corrected chi connectivity index (χ2v) is 5.34. The fourth-order valence-corrected chi connectivity index (χ4v) is 2.67. The van der Waals surface area contributed by atoms with Crippen molar-refractivity contribution in [3.05, 3.63) is 64.7 Å². The first-order valence-electron chi connectivity index (χ1n) is 5.47. The van der Waals surface area contributed by atoms with Gasteiger partial charge >= 0.3 is 0 Å². The van der Waals surface area contributed by atoms with E-state index >= 15 is 0 Å². The zero-order valence-electron chi connectivity index (χ0n) is 9.69. The number of thioether (sulfide) groups is 1. The molecule has 0 aliphatic rings. The highest BCUT2D eigenvalue weighted by molar-refractivity contribution is 7.98. The van der Waals surface area contributed by atoms with Gasteiger partial charge in [0.15, 0.2) is 0 Å². The summed E-state index contributed by atoms with van der Waals surface area (Å²) in [6, 6.07) is 15.5. The molecule has 0 atom stereocenters. The van der Waals surface area contributed by atoms with Crippen LogP contribution in [0.3, 0.4) is 0 Å². The van der Waals surface area contributed by atoms with Crippen LogP contribution in [0.1, 0.15) is 11.1 Å². The predicted molar refractivity (Wildman–Crippen MR) is 78.5 cm³/mol. The molecule has 18 heavy (non-hydrogen) atoms. The van der Waals surface area contributed by atoms with Crippen LogP contribution in [0.2, 0.25) is 5.02 Å². The van der Waals surface area contributed by atoms with E-state index in [2.05, 4.69) is 0 Å². The van der Waals surface area contributed by atoms with Crippen molar-refractivity contribution < 1.29 is 0 Å². The third-order valence-corrected chi connectivity index (χ3v) is 3.77. The van der Waals surface area contributed by atoms with E-state index in [9.17, 15) is 0 Å². The molecule has 0 amide bonds. The predicted octanol–water partition coefficient (Wildman–Crippen LogP) is 3.92. The Morgan fingerprint density at radius 1 is 1.17 bits per heavy atom. The van der Waals surface area contributed by atoms with Gasteiger partial charge in [0.05, 0.1) is 0 Å². The molecule has 2 aromatic carbocycles. The number of halogens is 1. The van der Waals surface area contributed by atoms with Gasteiger partial charge in [-0.3, -0.25) is 5.41 Å². The Labute approximate surface area is 116 Å². The van der Waals surface area contributed by atoms with Crippen LogP contribution in [-0.2, 0) is 5.75 Å². The summed E-state index contributed by atoms with van der Waals surface area (Å²) in [7, 11) is 0. The molecule has 2 rings (SSSR count). The molecule has 3 N–H and O–H groups in total. The molecule has 0 saturated heterocycles. The number of hydrogen-bond acceptors (Lipinski definition) is 2. The van der Waals surface area contributed by atoms with Crippen molar-refractivity contribution in [2.45, 2.75) is 10.6 Å². The van der Waals surface area contributed by atoms with E-state index in [1.54, 1.807) is 11.8 Å². The van der Waals surface area contributed by atoms with E-state index < -0.39 is 0 Å². The van der Waals surface area contributed by atoms with Crippen LogP contribution in [0, 0.1) is 5.41 Å². The van der Waals surface area contributed by atoms with Crippen LogP contribution in [0.4, 0.5) is 0 Å². The highest BCUT2D eigenvalue weighted by atomic mass is 35.5. The Morgan fingerprint density at radius 3 is 2.50 bits per heavy atom. The molecule has 2 nitrogen and oxygen atoms in total. The van der Waals surface area contributed by atoms with E-state index in [1.165, 1.54) is 5.56 Å². The van der Waals surface area contributed by atoms with Crippen molar-refractivity contribution in [3.63, 3.8) is 0 Å². The maximum atomic E-state index is 7.32. The lowest BCUT2D eigenvalue weighted by Gasteiger charge is -2.04. The Bertz CT molecular complexity index is 552. The van der Waals surface area contributed by atoms with Crippen LogP contribution >= 0.6 is 23.4 Å². The summed E-state index contributed by atoms with van der Waals surface area (Å²) in [6.45, 7) is 0. The van der Waals surface area contributed by atoms with E-state index in [1.807, 2.05) is 48.5 Å².